The maximum absolute atomic E-state index is 10.9. The lowest BCUT2D eigenvalue weighted by atomic mass is 10.3. The molecule has 0 aromatic carbocycles. The molecule has 2 rings (SSSR count). The minimum atomic E-state index is -1.08. The van der Waals surface area contributed by atoms with E-state index in [0.717, 1.165) is 23.1 Å². The third kappa shape index (κ3) is 3.47. The van der Waals surface area contributed by atoms with Crippen LogP contribution in [0.5, 0.6) is 0 Å². The largest absolute Gasteiger partial charge is 0.477 e. The second-order valence-electron chi connectivity index (χ2n) is 4.02. The van der Waals surface area contributed by atoms with Gasteiger partial charge in [0.25, 0.3) is 0 Å². The summed E-state index contributed by atoms with van der Waals surface area (Å²) in [5, 5.41) is 9.81. The summed E-state index contributed by atoms with van der Waals surface area (Å²) in [5.74, 6) is -1.08. The van der Waals surface area contributed by atoms with E-state index in [9.17, 15) is 4.79 Å². The Morgan fingerprint density at radius 1 is 0.947 bits per heavy atom. The highest BCUT2D eigenvalue weighted by molar-refractivity contribution is 7.99. The van der Waals surface area contributed by atoms with Crippen LogP contribution >= 0.6 is 11.8 Å². The van der Waals surface area contributed by atoms with Crippen molar-refractivity contribution in [1.82, 2.24) is 19.9 Å². The van der Waals surface area contributed by atoms with Crippen molar-refractivity contribution in [2.24, 2.45) is 0 Å². The van der Waals surface area contributed by atoms with E-state index in [2.05, 4.69) is 19.9 Å². The smallest absolute Gasteiger partial charge is 0.354 e. The summed E-state index contributed by atoms with van der Waals surface area (Å²) in [6.07, 6.45) is 0. The van der Waals surface area contributed by atoms with Crippen LogP contribution in [0.1, 0.15) is 27.6 Å². The molecule has 0 bridgehead atoms. The molecule has 0 saturated carbocycles. The second kappa shape index (κ2) is 5.31. The fourth-order valence-electron chi connectivity index (χ4n) is 1.52. The lowest BCUT2D eigenvalue weighted by Gasteiger charge is -2.03. The Hall–Kier alpha value is -2.02. The summed E-state index contributed by atoms with van der Waals surface area (Å²) in [5.41, 5.74) is 2.26. The van der Waals surface area contributed by atoms with Crippen LogP contribution in [0.3, 0.4) is 0 Å². The minimum absolute atomic E-state index is 0.0284. The number of rotatable bonds is 3. The van der Waals surface area contributed by atoms with E-state index in [1.54, 1.807) is 6.92 Å². The zero-order chi connectivity index (χ0) is 14.0. The van der Waals surface area contributed by atoms with E-state index >= 15 is 0 Å². The van der Waals surface area contributed by atoms with Crippen molar-refractivity contribution < 1.29 is 9.90 Å². The molecule has 0 aliphatic carbocycles. The molecule has 2 aromatic heterocycles. The molecule has 19 heavy (non-hydrogen) atoms. The number of aryl methyl sites for hydroxylation is 3. The van der Waals surface area contributed by atoms with Crippen LogP contribution in [-0.4, -0.2) is 31.0 Å². The van der Waals surface area contributed by atoms with Gasteiger partial charge >= 0.3 is 5.97 Å². The summed E-state index contributed by atoms with van der Waals surface area (Å²) in [6, 6.07) is 3.29. The standard InChI is InChI=1S/C12H12N4O2S/c1-6-4-7(2)14-11(13-6)19-12-15-8(3)5-9(16-12)10(17)18/h4-5H,1-3H3,(H,17,18). The molecule has 0 amide bonds. The van der Waals surface area contributed by atoms with Crippen molar-refractivity contribution in [3.63, 3.8) is 0 Å². The van der Waals surface area contributed by atoms with Gasteiger partial charge in [-0.3, -0.25) is 0 Å². The maximum Gasteiger partial charge on any atom is 0.354 e. The molecule has 1 N–H and O–H groups in total. The molecule has 2 aromatic rings. The van der Waals surface area contributed by atoms with Crippen LogP contribution in [0.15, 0.2) is 22.4 Å². The Kier molecular flexibility index (Phi) is 3.75. The fraction of sp³-hybridized carbons (Fsp3) is 0.250. The van der Waals surface area contributed by atoms with Gasteiger partial charge in [-0.15, -0.1) is 0 Å². The SMILES string of the molecule is Cc1cc(C)nc(Sc2nc(C)cc(C(=O)O)n2)n1. The summed E-state index contributed by atoms with van der Waals surface area (Å²) in [7, 11) is 0. The zero-order valence-electron chi connectivity index (χ0n) is 10.7. The Morgan fingerprint density at radius 3 is 1.95 bits per heavy atom. The number of carboxylic acid groups (broad SMARTS) is 1. The minimum Gasteiger partial charge on any atom is -0.477 e. The molecule has 0 aliphatic heterocycles. The van der Waals surface area contributed by atoms with Gasteiger partial charge in [0.05, 0.1) is 0 Å². The molecule has 0 saturated heterocycles. The zero-order valence-corrected chi connectivity index (χ0v) is 11.5. The highest BCUT2D eigenvalue weighted by atomic mass is 32.2. The molecule has 6 nitrogen and oxygen atoms in total. The van der Waals surface area contributed by atoms with Crippen molar-refractivity contribution in [2.75, 3.05) is 0 Å². The fourth-order valence-corrected chi connectivity index (χ4v) is 2.39. The first-order chi connectivity index (χ1) is 8.94. The summed E-state index contributed by atoms with van der Waals surface area (Å²) < 4.78 is 0. The molecule has 0 unspecified atom stereocenters. The summed E-state index contributed by atoms with van der Waals surface area (Å²) in [6.45, 7) is 5.47. The maximum atomic E-state index is 10.9. The molecule has 7 heteroatoms. The van der Waals surface area contributed by atoms with Crippen molar-refractivity contribution in [3.8, 4) is 0 Å². The molecule has 98 valence electrons. The average Bonchev–Trinajstić information content (AvgIpc) is 2.26. The molecular formula is C12H12N4O2S. The molecular weight excluding hydrogens is 264 g/mol. The lowest BCUT2D eigenvalue weighted by Crippen LogP contribution is -2.04. The predicted octanol–water partition coefficient (Wildman–Crippen LogP) is 2.04. The molecule has 0 aliphatic rings. The predicted molar refractivity (Wildman–Crippen MR) is 69.4 cm³/mol. The van der Waals surface area contributed by atoms with Gasteiger partial charge in [-0.25, -0.2) is 24.7 Å². The van der Waals surface area contributed by atoms with Gasteiger partial charge in [-0.2, -0.15) is 0 Å². The second-order valence-corrected chi connectivity index (χ2v) is 4.95. The van der Waals surface area contributed by atoms with Crippen molar-refractivity contribution >= 4 is 17.7 Å². The van der Waals surface area contributed by atoms with Gasteiger partial charge in [0.15, 0.2) is 16.0 Å². The van der Waals surface area contributed by atoms with E-state index in [-0.39, 0.29) is 5.69 Å². The number of hydrogen-bond acceptors (Lipinski definition) is 6. The highest BCUT2D eigenvalue weighted by Crippen LogP contribution is 2.22. The van der Waals surface area contributed by atoms with Gasteiger partial charge < -0.3 is 5.11 Å². The van der Waals surface area contributed by atoms with Gasteiger partial charge in [0.2, 0.25) is 0 Å². The van der Waals surface area contributed by atoms with Crippen LogP contribution in [0, 0.1) is 20.8 Å². The number of aromatic nitrogens is 4. The van der Waals surface area contributed by atoms with Crippen LogP contribution in [0.25, 0.3) is 0 Å². The lowest BCUT2D eigenvalue weighted by molar-refractivity contribution is 0.0689. The van der Waals surface area contributed by atoms with Gasteiger partial charge in [0.1, 0.15) is 0 Å². The van der Waals surface area contributed by atoms with E-state index in [1.165, 1.54) is 6.07 Å². The van der Waals surface area contributed by atoms with Crippen molar-refractivity contribution in [1.29, 1.82) is 0 Å². The summed E-state index contributed by atoms with van der Waals surface area (Å²) in [4.78, 5) is 27.6. The average molecular weight is 276 g/mol. The summed E-state index contributed by atoms with van der Waals surface area (Å²) >= 11 is 1.15. The van der Waals surface area contributed by atoms with Crippen molar-refractivity contribution in [3.05, 3.63) is 34.9 Å². The van der Waals surface area contributed by atoms with Gasteiger partial charge in [-0.1, -0.05) is 0 Å². The quantitative estimate of drug-likeness (QED) is 0.858. The molecule has 0 fully saturated rings. The van der Waals surface area contributed by atoms with Crippen LogP contribution in [-0.2, 0) is 0 Å². The van der Waals surface area contributed by atoms with Crippen LogP contribution in [0.2, 0.25) is 0 Å². The Morgan fingerprint density at radius 2 is 1.42 bits per heavy atom. The molecule has 0 spiro atoms. The molecule has 2 heterocycles. The molecule has 0 radical (unpaired) electrons. The third-order valence-electron chi connectivity index (χ3n) is 2.20. The van der Waals surface area contributed by atoms with Crippen molar-refractivity contribution in [2.45, 2.75) is 31.1 Å². The van der Waals surface area contributed by atoms with E-state index in [0.29, 0.717) is 16.0 Å². The van der Waals surface area contributed by atoms with Crippen LogP contribution in [0.4, 0.5) is 0 Å². The number of carbonyl (C=O) groups is 1. The highest BCUT2D eigenvalue weighted by Gasteiger charge is 2.11. The van der Waals surface area contributed by atoms with E-state index < -0.39 is 5.97 Å². The number of nitrogens with zero attached hydrogens (tertiary/aromatic N) is 4. The number of hydrogen-bond donors (Lipinski definition) is 1. The first-order valence-corrected chi connectivity index (χ1v) is 6.35. The molecule has 0 atom stereocenters. The van der Waals surface area contributed by atoms with Gasteiger partial charge in [-0.05, 0) is 44.7 Å². The van der Waals surface area contributed by atoms with Gasteiger partial charge in [0, 0.05) is 17.1 Å². The normalized spacial score (nSPS) is 10.5. The Balaban J connectivity index is 2.35. The number of aromatic carboxylic acids is 1. The Bertz CT molecular complexity index is 625. The van der Waals surface area contributed by atoms with E-state index in [1.807, 2.05) is 19.9 Å². The van der Waals surface area contributed by atoms with E-state index in [4.69, 9.17) is 5.11 Å². The first kappa shape index (κ1) is 13.4. The first-order valence-electron chi connectivity index (χ1n) is 5.53. The van der Waals surface area contributed by atoms with Crippen LogP contribution < -0.4 is 0 Å². The monoisotopic (exact) mass is 276 g/mol. The Labute approximate surface area is 114 Å². The number of carboxylic acids is 1. The third-order valence-corrected chi connectivity index (χ3v) is 2.93. The topological polar surface area (TPSA) is 88.9 Å².